The van der Waals surface area contributed by atoms with Crippen molar-refractivity contribution >= 4 is 15.9 Å². The molecule has 1 unspecified atom stereocenters. The molecule has 2 aromatic carbocycles. The van der Waals surface area contributed by atoms with E-state index in [0.29, 0.717) is 18.7 Å². The monoisotopic (exact) mass is 467 g/mol. The molecule has 0 radical (unpaired) electrons. The quantitative estimate of drug-likeness (QED) is 0.548. The number of amides is 1. The Bertz CT molecular complexity index is 1150. The molecule has 2 aromatic rings. The summed E-state index contributed by atoms with van der Waals surface area (Å²) >= 11 is 0. The highest BCUT2D eigenvalue weighted by Crippen LogP contribution is 2.32. The topological polar surface area (TPSA) is 90.7 Å². The molecule has 1 amide bonds. The summed E-state index contributed by atoms with van der Waals surface area (Å²) in [5.41, 5.74) is 1.65. The molecule has 7 nitrogen and oxygen atoms in total. The molecular formula is C25H29N3O4S. The van der Waals surface area contributed by atoms with Gasteiger partial charge in [0.2, 0.25) is 10.0 Å². The molecule has 0 saturated carbocycles. The Morgan fingerprint density at radius 3 is 2.61 bits per heavy atom. The molecule has 1 aliphatic rings. The highest BCUT2D eigenvalue weighted by Gasteiger charge is 2.34. The summed E-state index contributed by atoms with van der Waals surface area (Å²) in [4.78, 5) is 14.9. The third-order valence-corrected chi connectivity index (χ3v) is 7.87. The maximum Gasteiger partial charge on any atom is 0.254 e. The summed E-state index contributed by atoms with van der Waals surface area (Å²) < 4.78 is 33.8. The number of nitrogens with zero attached hydrogens (tertiary/aromatic N) is 3. The predicted molar refractivity (Wildman–Crippen MR) is 126 cm³/mol. The Morgan fingerprint density at radius 2 is 2.00 bits per heavy atom. The fourth-order valence-electron chi connectivity index (χ4n) is 4.03. The largest absolute Gasteiger partial charge is 0.495 e. The number of carbonyl (C=O) groups excluding carboxylic acids is 1. The molecule has 1 saturated heterocycles. The Kier molecular flexibility index (Phi) is 7.90. The van der Waals surface area contributed by atoms with Crippen molar-refractivity contribution in [2.75, 3.05) is 20.2 Å². The van der Waals surface area contributed by atoms with Crippen molar-refractivity contribution in [3.05, 3.63) is 71.8 Å². The van der Waals surface area contributed by atoms with Crippen molar-refractivity contribution in [2.45, 2.75) is 43.7 Å². The van der Waals surface area contributed by atoms with Gasteiger partial charge in [-0.3, -0.25) is 4.79 Å². The SMILES string of the molecule is C=CCN(Cc1ccc(C#N)cc1)C(=O)c1ccc(OC)c(S(=O)(=O)N2CCCCC2C)c1. The first-order valence-electron chi connectivity index (χ1n) is 10.9. The van der Waals surface area contributed by atoms with Gasteiger partial charge >= 0.3 is 0 Å². The van der Waals surface area contributed by atoms with Gasteiger partial charge in [-0.2, -0.15) is 9.57 Å². The van der Waals surface area contributed by atoms with Gasteiger partial charge in [-0.1, -0.05) is 24.6 Å². The van der Waals surface area contributed by atoms with Gasteiger partial charge in [-0.25, -0.2) is 8.42 Å². The summed E-state index contributed by atoms with van der Waals surface area (Å²) in [7, 11) is -2.41. The first kappa shape index (κ1) is 24.5. The normalized spacial score (nSPS) is 16.6. The van der Waals surface area contributed by atoms with Gasteiger partial charge in [0, 0.05) is 31.2 Å². The van der Waals surface area contributed by atoms with Crippen LogP contribution in [0.25, 0.3) is 0 Å². The van der Waals surface area contributed by atoms with Crippen molar-refractivity contribution in [1.29, 1.82) is 5.26 Å². The molecule has 0 bridgehead atoms. The third-order valence-electron chi connectivity index (χ3n) is 5.83. The third kappa shape index (κ3) is 5.44. The van der Waals surface area contributed by atoms with Gasteiger partial charge in [0.05, 0.1) is 18.7 Å². The number of sulfonamides is 1. The maximum absolute atomic E-state index is 13.5. The molecule has 0 N–H and O–H groups in total. The van der Waals surface area contributed by atoms with Gasteiger partial charge in [0.1, 0.15) is 10.6 Å². The summed E-state index contributed by atoms with van der Waals surface area (Å²) in [5.74, 6) is -0.100. The Labute approximate surface area is 195 Å². The molecule has 174 valence electrons. The Balaban J connectivity index is 1.94. The van der Waals surface area contributed by atoms with Gasteiger partial charge in [-0.15, -0.1) is 6.58 Å². The van der Waals surface area contributed by atoms with Crippen molar-refractivity contribution < 1.29 is 17.9 Å². The van der Waals surface area contributed by atoms with Crippen LogP contribution in [0.1, 0.15) is 47.7 Å². The zero-order valence-electron chi connectivity index (χ0n) is 19.0. The van der Waals surface area contributed by atoms with Crippen molar-refractivity contribution in [1.82, 2.24) is 9.21 Å². The number of piperidine rings is 1. The van der Waals surface area contributed by atoms with E-state index in [1.54, 1.807) is 41.3 Å². The summed E-state index contributed by atoms with van der Waals surface area (Å²) in [6.07, 6.45) is 4.23. The van der Waals surface area contributed by atoms with Crippen LogP contribution in [0.15, 0.2) is 60.0 Å². The van der Waals surface area contributed by atoms with Crippen LogP contribution in [0.3, 0.4) is 0 Å². The van der Waals surface area contributed by atoms with E-state index >= 15 is 0 Å². The van der Waals surface area contributed by atoms with Crippen molar-refractivity contribution in [3.8, 4) is 11.8 Å². The van der Waals surface area contributed by atoms with E-state index in [1.165, 1.54) is 23.5 Å². The van der Waals surface area contributed by atoms with E-state index in [-0.39, 0.29) is 34.7 Å². The molecule has 1 fully saturated rings. The lowest BCUT2D eigenvalue weighted by Crippen LogP contribution is -2.42. The second-order valence-electron chi connectivity index (χ2n) is 8.11. The number of benzene rings is 2. The number of ether oxygens (including phenoxy) is 1. The smallest absolute Gasteiger partial charge is 0.254 e. The number of hydrogen-bond acceptors (Lipinski definition) is 5. The number of methoxy groups -OCH3 is 1. The summed E-state index contributed by atoms with van der Waals surface area (Å²) in [6.45, 7) is 6.68. The molecule has 3 rings (SSSR count). The van der Waals surface area contributed by atoms with Crippen molar-refractivity contribution in [2.24, 2.45) is 0 Å². The minimum atomic E-state index is -3.83. The highest BCUT2D eigenvalue weighted by atomic mass is 32.2. The van der Waals surface area contributed by atoms with Gasteiger partial charge < -0.3 is 9.64 Å². The van der Waals surface area contributed by atoms with E-state index in [0.717, 1.165) is 24.8 Å². The second-order valence-corrected chi connectivity index (χ2v) is 9.97. The van der Waals surface area contributed by atoms with E-state index in [9.17, 15) is 13.2 Å². The molecule has 0 aliphatic carbocycles. The van der Waals surface area contributed by atoms with Crippen LogP contribution in [0.5, 0.6) is 5.75 Å². The molecule has 0 aromatic heterocycles. The van der Waals surface area contributed by atoms with Crippen LogP contribution >= 0.6 is 0 Å². The average molecular weight is 468 g/mol. The van der Waals surface area contributed by atoms with E-state index < -0.39 is 10.0 Å². The lowest BCUT2D eigenvalue weighted by Gasteiger charge is -2.32. The number of nitriles is 1. The molecule has 1 aliphatic heterocycles. The van der Waals surface area contributed by atoms with E-state index in [2.05, 4.69) is 12.6 Å². The number of hydrogen-bond donors (Lipinski definition) is 0. The van der Waals surface area contributed by atoms with Crippen LogP contribution in [0.2, 0.25) is 0 Å². The van der Waals surface area contributed by atoms with Crippen LogP contribution in [-0.2, 0) is 16.6 Å². The predicted octanol–water partition coefficient (Wildman–Crippen LogP) is 3.96. The molecule has 8 heteroatoms. The molecule has 0 spiro atoms. The lowest BCUT2D eigenvalue weighted by molar-refractivity contribution is 0.0762. The fourth-order valence-corrected chi connectivity index (χ4v) is 5.91. The molecule has 1 heterocycles. The van der Waals surface area contributed by atoms with Gasteiger partial charge in [0.25, 0.3) is 5.91 Å². The standard InChI is InChI=1S/C25H29N3O4S/c1-4-14-27(18-21-10-8-20(17-26)9-11-21)25(29)22-12-13-23(32-3)24(16-22)33(30,31)28-15-6-5-7-19(28)2/h4,8-13,16,19H,1,5-7,14-15,18H2,2-3H3. The first-order valence-corrected chi connectivity index (χ1v) is 12.3. The summed E-state index contributed by atoms with van der Waals surface area (Å²) in [5, 5.41) is 8.99. The molecule has 1 atom stereocenters. The molecular weight excluding hydrogens is 438 g/mol. The number of rotatable bonds is 8. The second kappa shape index (κ2) is 10.6. The van der Waals surface area contributed by atoms with Crippen LogP contribution < -0.4 is 4.74 Å². The van der Waals surface area contributed by atoms with Crippen molar-refractivity contribution in [3.63, 3.8) is 0 Å². The van der Waals surface area contributed by atoms with Gasteiger partial charge in [-0.05, 0) is 55.7 Å². The number of carbonyl (C=O) groups is 1. The minimum absolute atomic E-state index is 0.00141. The van der Waals surface area contributed by atoms with Crippen LogP contribution in [-0.4, -0.2) is 49.8 Å². The molecule has 33 heavy (non-hydrogen) atoms. The average Bonchev–Trinajstić information content (AvgIpc) is 2.83. The maximum atomic E-state index is 13.5. The first-order chi connectivity index (χ1) is 15.8. The van der Waals surface area contributed by atoms with Gasteiger partial charge in [0.15, 0.2) is 0 Å². The fraction of sp³-hybridized carbons (Fsp3) is 0.360. The minimum Gasteiger partial charge on any atom is -0.495 e. The van der Waals surface area contributed by atoms with Crippen LogP contribution in [0, 0.1) is 11.3 Å². The highest BCUT2D eigenvalue weighted by molar-refractivity contribution is 7.89. The lowest BCUT2D eigenvalue weighted by atomic mass is 10.1. The van der Waals surface area contributed by atoms with E-state index in [1.807, 2.05) is 6.92 Å². The Hall–Kier alpha value is -3.15. The van der Waals surface area contributed by atoms with E-state index in [4.69, 9.17) is 10.00 Å². The van der Waals surface area contributed by atoms with Crippen LogP contribution in [0.4, 0.5) is 0 Å². The summed E-state index contributed by atoms with van der Waals surface area (Å²) in [6, 6.07) is 13.5. The Morgan fingerprint density at radius 1 is 1.27 bits per heavy atom. The zero-order valence-corrected chi connectivity index (χ0v) is 19.8. The zero-order chi connectivity index (χ0) is 24.0.